The molecule has 0 unspecified atom stereocenters. The number of nitrogens with two attached hydrogens (primary N) is 1. The normalized spacial score (nSPS) is 12.6. The van der Waals surface area contributed by atoms with E-state index in [0.717, 1.165) is 6.07 Å². The van der Waals surface area contributed by atoms with Crippen molar-refractivity contribution in [2.45, 2.75) is 16.8 Å². The van der Waals surface area contributed by atoms with Gasteiger partial charge in [0.05, 0.1) is 13.2 Å². The second-order valence-corrected chi connectivity index (χ2v) is 9.50. The van der Waals surface area contributed by atoms with Crippen molar-refractivity contribution < 1.29 is 38.4 Å². The minimum atomic E-state index is -1.80. The minimum Gasteiger partial charge on any atom is -0.490 e. The first-order valence-electron chi connectivity index (χ1n) is 10.3. The van der Waals surface area contributed by atoms with Gasteiger partial charge in [-0.1, -0.05) is 34.8 Å². The van der Waals surface area contributed by atoms with Crippen molar-refractivity contribution in [1.29, 1.82) is 0 Å². The van der Waals surface area contributed by atoms with E-state index in [1.807, 2.05) is 0 Å². The Kier molecular flexibility index (Phi) is 10.8. The van der Waals surface area contributed by atoms with Crippen molar-refractivity contribution in [3.8, 4) is 11.5 Å². The molecule has 0 aliphatic rings. The number of carbonyl (C=O) groups excluding carboxylic acids is 1. The third-order valence-corrected chi connectivity index (χ3v) is 4.66. The van der Waals surface area contributed by atoms with Crippen LogP contribution in [0.3, 0.4) is 0 Å². The molecular weight excluding hydrogens is 544 g/mol. The lowest BCUT2D eigenvalue weighted by atomic mass is 10.0. The second kappa shape index (κ2) is 13.4. The summed E-state index contributed by atoms with van der Waals surface area (Å²) < 4.78 is 28.4. The van der Waals surface area contributed by atoms with Gasteiger partial charge in [0.1, 0.15) is 24.9 Å². The molecule has 0 saturated carbocycles. The Balaban J connectivity index is 2.23. The van der Waals surface area contributed by atoms with Crippen LogP contribution in [0.1, 0.15) is 24.1 Å². The maximum Gasteiger partial charge on any atom is 0.435 e. The first-order valence-corrected chi connectivity index (χ1v) is 11.5. The molecule has 0 aliphatic heterocycles. The van der Waals surface area contributed by atoms with Crippen molar-refractivity contribution in [1.82, 2.24) is 0 Å². The highest BCUT2D eigenvalue weighted by molar-refractivity contribution is 6.67. The van der Waals surface area contributed by atoms with E-state index in [9.17, 15) is 19.1 Å². The number of aliphatic hydroxyl groups is 1. The van der Waals surface area contributed by atoms with Gasteiger partial charge in [-0.05, 0) is 37.3 Å². The van der Waals surface area contributed by atoms with E-state index in [1.165, 1.54) is 30.3 Å². The van der Waals surface area contributed by atoms with Crippen LogP contribution in [-0.4, -0.2) is 58.3 Å². The molecule has 0 radical (unpaired) electrons. The molecule has 10 nitrogen and oxygen atoms in total. The molecule has 1 atom stereocenters. The molecule has 0 fully saturated rings. The summed E-state index contributed by atoms with van der Waals surface area (Å²) in [4.78, 5) is 27.2. The summed E-state index contributed by atoms with van der Waals surface area (Å²) in [5.74, 6) is -2.26. The van der Waals surface area contributed by atoms with Crippen molar-refractivity contribution in [3.63, 3.8) is 0 Å². The molecule has 0 bridgehead atoms. The van der Waals surface area contributed by atoms with Crippen LogP contribution < -0.4 is 20.5 Å². The molecule has 0 spiro atoms. The minimum absolute atomic E-state index is 0.0303. The molecule has 36 heavy (non-hydrogen) atoms. The predicted molar refractivity (Wildman–Crippen MR) is 133 cm³/mol. The van der Waals surface area contributed by atoms with Crippen molar-refractivity contribution >= 4 is 58.4 Å². The lowest BCUT2D eigenvalue weighted by Crippen LogP contribution is -2.22. The maximum atomic E-state index is 14.8. The number of nitrogens with one attached hydrogen (secondary N) is 1. The van der Waals surface area contributed by atoms with Crippen LogP contribution in [-0.2, 0) is 9.53 Å². The number of anilines is 1. The number of alkyl halides is 3. The number of ether oxygens (including phenoxy) is 3. The Morgan fingerprint density at radius 3 is 2.36 bits per heavy atom. The van der Waals surface area contributed by atoms with Gasteiger partial charge >= 0.3 is 12.1 Å². The number of hydrogen-bond donors (Lipinski definition) is 4. The number of hydrogen-bond acceptors (Lipinski definition) is 7. The Labute approximate surface area is 220 Å². The summed E-state index contributed by atoms with van der Waals surface area (Å²) in [6, 6.07) is 6.55. The average molecular weight is 567 g/mol. The van der Waals surface area contributed by atoms with Gasteiger partial charge in [0.25, 0.3) is 0 Å². The molecule has 2 rings (SSSR count). The summed E-state index contributed by atoms with van der Waals surface area (Å²) in [7, 11) is 0. The molecular formula is C22H23Cl3FN3O7. The quantitative estimate of drug-likeness (QED) is 0.179. The molecule has 2 aromatic rings. The SMILES string of the molecule is CCOc1cc([C@@H](Nc2ccc(/C(N)=N\C(=O)OCC(Cl)(Cl)Cl)cc2)C(=O)O)c(F)cc1OCCO. The summed E-state index contributed by atoms with van der Waals surface area (Å²) in [6.07, 6.45) is -1.07. The van der Waals surface area contributed by atoms with Crippen molar-refractivity contribution in [2.24, 2.45) is 10.7 Å². The van der Waals surface area contributed by atoms with E-state index in [0.29, 0.717) is 11.3 Å². The molecule has 196 valence electrons. The molecule has 0 heterocycles. The standard InChI is InChI=1S/C22H23Cl3FN3O7/c1-2-34-16-9-14(15(26)10-17(16)35-8-7-30)18(20(31)32)28-13-5-3-12(4-6-13)19(27)29-21(33)36-11-22(23,24)25/h3-6,9-10,18,28,30H,2,7-8,11H2,1H3,(H,31,32)(H2,27,29,33)/t18-/m1/s1. The number of amides is 1. The zero-order valence-corrected chi connectivity index (χ0v) is 21.1. The van der Waals surface area contributed by atoms with Crippen LogP contribution in [0.2, 0.25) is 0 Å². The molecule has 14 heteroatoms. The lowest BCUT2D eigenvalue weighted by molar-refractivity contribution is -0.138. The number of carboxylic acid groups (broad SMARTS) is 1. The highest BCUT2D eigenvalue weighted by atomic mass is 35.6. The Morgan fingerprint density at radius 2 is 1.81 bits per heavy atom. The number of amidine groups is 1. The zero-order chi connectivity index (χ0) is 26.9. The highest BCUT2D eigenvalue weighted by Gasteiger charge is 2.26. The van der Waals surface area contributed by atoms with Gasteiger partial charge in [-0.25, -0.2) is 14.0 Å². The first-order chi connectivity index (χ1) is 16.9. The summed E-state index contributed by atoms with van der Waals surface area (Å²) in [6.45, 7) is 0.998. The van der Waals surface area contributed by atoms with E-state index in [2.05, 4.69) is 15.0 Å². The fourth-order valence-electron chi connectivity index (χ4n) is 2.82. The van der Waals surface area contributed by atoms with Crippen LogP contribution in [0.4, 0.5) is 14.9 Å². The number of aliphatic imine (C=N–C) groups is 1. The Morgan fingerprint density at radius 1 is 1.17 bits per heavy atom. The largest absolute Gasteiger partial charge is 0.490 e. The van der Waals surface area contributed by atoms with Gasteiger partial charge in [0.15, 0.2) is 17.5 Å². The average Bonchev–Trinajstić information content (AvgIpc) is 2.81. The van der Waals surface area contributed by atoms with E-state index >= 15 is 0 Å². The summed E-state index contributed by atoms with van der Waals surface area (Å²) in [5, 5.41) is 21.4. The van der Waals surface area contributed by atoms with Gasteiger partial charge in [-0.2, -0.15) is 4.99 Å². The molecule has 0 aromatic heterocycles. The van der Waals surface area contributed by atoms with Crippen molar-refractivity contribution in [3.05, 3.63) is 53.3 Å². The van der Waals surface area contributed by atoms with Crippen molar-refractivity contribution in [2.75, 3.05) is 31.7 Å². The number of rotatable bonds is 11. The Bertz CT molecular complexity index is 1100. The fourth-order valence-corrected chi connectivity index (χ4v) is 2.99. The van der Waals surface area contributed by atoms with E-state index in [1.54, 1.807) is 6.92 Å². The van der Waals surface area contributed by atoms with Crippen LogP contribution >= 0.6 is 34.8 Å². The lowest BCUT2D eigenvalue weighted by Gasteiger charge is -2.20. The van der Waals surface area contributed by atoms with Crippen LogP contribution in [0.5, 0.6) is 11.5 Å². The number of nitrogens with zero attached hydrogens (tertiary/aromatic N) is 1. The predicted octanol–water partition coefficient (Wildman–Crippen LogP) is 4.05. The monoisotopic (exact) mass is 565 g/mol. The third-order valence-electron chi connectivity index (χ3n) is 4.33. The molecule has 5 N–H and O–H groups in total. The molecule has 1 amide bonds. The smallest absolute Gasteiger partial charge is 0.435 e. The number of aliphatic carboxylic acids is 1. The van der Waals surface area contributed by atoms with E-state index in [4.69, 9.17) is 55.1 Å². The zero-order valence-electron chi connectivity index (χ0n) is 18.8. The van der Waals surface area contributed by atoms with Crippen LogP contribution in [0.25, 0.3) is 0 Å². The van der Waals surface area contributed by atoms with E-state index in [-0.39, 0.29) is 42.7 Å². The summed E-state index contributed by atoms with van der Waals surface area (Å²) >= 11 is 16.5. The van der Waals surface area contributed by atoms with Gasteiger partial charge < -0.3 is 35.5 Å². The summed E-state index contributed by atoms with van der Waals surface area (Å²) in [5.41, 5.74) is 6.19. The van der Waals surface area contributed by atoms with Crippen LogP contribution in [0.15, 0.2) is 41.4 Å². The number of carbonyl (C=O) groups is 2. The number of carboxylic acids is 1. The number of aliphatic hydroxyl groups excluding tert-OH is 1. The highest BCUT2D eigenvalue weighted by Crippen LogP contribution is 2.34. The third kappa shape index (κ3) is 8.90. The Hall–Kier alpha value is -2.99. The topological polar surface area (TPSA) is 153 Å². The van der Waals surface area contributed by atoms with Gasteiger partial charge in [-0.3, -0.25) is 0 Å². The van der Waals surface area contributed by atoms with Gasteiger partial charge in [0, 0.05) is 22.9 Å². The molecule has 2 aromatic carbocycles. The van der Waals surface area contributed by atoms with Gasteiger partial charge in [-0.15, -0.1) is 0 Å². The molecule has 0 saturated heterocycles. The number of benzene rings is 2. The maximum absolute atomic E-state index is 14.8. The van der Waals surface area contributed by atoms with E-state index < -0.39 is 34.3 Å². The number of halogens is 4. The molecule has 0 aliphatic carbocycles. The second-order valence-electron chi connectivity index (χ2n) is 6.99. The van der Waals surface area contributed by atoms with Gasteiger partial charge in [0.2, 0.25) is 3.79 Å². The fraction of sp³-hybridized carbons (Fsp3) is 0.318. The van der Waals surface area contributed by atoms with Crippen LogP contribution in [0, 0.1) is 5.82 Å². The first kappa shape index (κ1) is 29.2.